The Kier molecular flexibility index (Phi) is 2.44. The maximum atomic E-state index is 11.9. The summed E-state index contributed by atoms with van der Waals surface area (Å²) in [6, 6.07) is 1.82. The predicted molar refractivity (Wildman–Crippen MR) is 66.2 cm³/mol. The molecular weight excluding hydrogens is 230 g/mol. The number of allylic oxidation sites excluding steroid dienone is 1. The van der Waals surface area contributed by atoms with Crippen molar-refractivity contribution in [2.45, 2.75) is 5.92 Å². The van der Waals surface area contributed by atoms with Crippen LogP contribution in [-0.4, -0.2) is 22.3 Å². The van der Waals surface area contributed by atoms with Crippen LogP contribution in [0.4, 0.5) is 5.82 Å². The molecule has 1 aliphatic heterocycles. The number of fused-ring (bicyclic) bond motifs is 1. The third kappa shape index (κ3) is 1.52. The van der Waals surface area contributed by atoms with Gasteiger partial charge in [0, 0.05) is 17.7 Å². The summed E-state index contributed by atoms with van der Waals surface area (Å²) in [6.07, 6.45) is 6.01. The molecule has 0 amide bonds. The molecule has 5 nitrogen and oxygen atoms in total. The van der Waals surface area contributed by atoms with Gasteiger partial charge in [-0.25, -0.2) is 9.97 Å². The van der Waals surface area contributed by atoms with E-state index in [2.05, 4.69) is 21.9 Å². The molecule has 0 bridgehead atoms. The molecule has 0 saturated carbocycles. The van der Waals surface area contributed by atoms with Crippen molar-refractivity contribution in [2.75, 3.05) is 11.9 Å². The van der Waals surface area contributed by atoms with Crippen LogP contribution in [0, 0.1) is 0 Å². The van der Waals surface area contributed by atoms with E-state index in [0.29, 0.717) is 12.4 Å². The van der Waals surface area contributed by atoms with Crippen LogP contribution in [-0.2, 0) is 4.79 Å². The summed E-state index contributed by atoms with van der Waals surface area (Å²) in [5.74, 6) is 0.408. The first-order valence-electron chi connectivity index (χ1n) is 5.59. The van der Waals surface area contributed by atoms with E-state index in [4.69, 9.17) is 4.42 Å². The molecule has 0 aromatic carbocycles. The van der Waals surface area contributed by atoms with Gasteiger partial charge >= 0.3 is 0 Å². The molecule has 2 aromatic rings. The molecule has 2 aromatic heterocycles. The first-order valence-corrected chi connectivity index (χ1v) is 5.59. The number of ketones is 1. The van der Waals surface area contributed by atoms with E-state index in [9.17, 15) is 4.79 Å². The molecule has 1 atom stereocenters. The van der Waals surface area contributed by atoms with Gasteiger partial charge in [0.25, 0.3) is 0 Å². The largest absolute Gasteiger partial charge is 0.472 e. The summed E-state index contributed by atoms with van der Waals surface area (Å²) in [6.45, 7) is 4.07. The van der Waals surface area contributed by atoms with Gasteiger partial charge in [-0.1, -0.05) is 6.58 Å². The Morgan fingerprint density at radius 1 is 1.56 bits per heavy atom. The van der Waals surface area contributed by atoms with Gasteiger partial charge in [-0.05, 0) is 12.1 Å². The molecule has 1 aliphatic rings. The standard InChI is InChI=1S/C13H11N3O2/c1-2-10(17)9-5-14-13-11(9)12(15-7-16-13)8-3-4-18-6-8/h2-4,6-7,9H,1,5H2,(H,14,15,16). The van der Waals surface area contributed by atoms with E-state index in [1.165, 1.54) is 12.4 Å². The molecular formula is C13H11N3O2. The van der Waals surface area contributed by atoms with Gasteiger partial charge in [-0.15, -0.1) is 0 Å². The van der Waals surface area contributed by atoms with Crippen LogP contribution in [0.5, 0.6) is 0 Å². The SMILES string of the molecule is C=CC(=O)C1CNc2ncnc(-c3ccoc3)c21. The molecule has 0 saturated heterocycles. The Labute approximate surface area is 104 Å². The molecule has 1 unspecified atom stereocenters. The maximum absolute atomic E-state index is 11.9. The van der Waals surface area contributed by atoms with Gasteiger partial charge in [0.2, 0.25) is 0 Å². The van der Waals surface area contributed by atoms with E-state index in [1.807, 2.05) is 6.07 Å². The van der Waals surface area contributed by atoms with Crippen LogP contribution in [0.25, 0.3) is 11.3 Å². The summed E-state index contributed by atoms with van der Waals surface area (Å²) in [5, 5.41) is 3.12. The number of carbonyl (C=O) groups excluding carboxylic acids is 1. The van der Waals surface area contributed by atoms with Crippen molar-refractivity contribution in [2.24, 2.45) is 0 Å². The Hall–Kier alpha value is -2.43. The van der Waals surface area contributed by atoms with E-state index in [1.54, 1.807) is 12.5 Å². The number of anilines is 1. The highest BCUT2D eigenvalue weighted by Gasteiger charge is 2.31. The minimum Gasteiger partial charge on any atom is -0.472 e. The summed E-state index contributed by atoms with van der Waals surface area (Å²) in [5.41, 5.74) is 2.40. The second-order valence-electron chi connectivity index (χ2n) is 4.04. The van der Waals surface area contributed by atoms with E-state index in [0.717, 1.165) is 16.8 Å². The second-order valence-corrected chi connectivity index (χ2v) is 4.04. The highest BCUT2D eigenvalue weighted by Crippen LogP contribution is 2.37. The molecule has 0 radical (unpaired) electrons. The first-order chi connectivity index (χ1) is 8.81. The van der Waals surface area contributed by atoms with Gasteiger partial charge in [-0.2, -0.15) is 0 Å². The molecule has 5 heteroatoms. The van der Waals surface area contributed by atoms with Crippen molar-refractivity contribution >= 4 is 11.6 Å². The van der Waals surface area contributed by atoms with Gasteiger partial charge in [-0.3, -0.25) is 4.79 Å². The zero-order chi connectivity index (χ0) is 12.5. The minimum absolute atomic E-state index is 0.0270. The third-order valence-corrected chi connectivity index (χ3v) is 3.05. The third-order valence-electron chi connectivity index (χ3n) is 3.05. The maximum Gasteiger partial charge on any atom is 0.164 e. The molecule has 0 aliphatic carbocycles. The van der Waals surface area contributed by atoms with Gasteiger partial charge < -0.3 is 9.73 Å². The Morgan fingerprint density at radius 2 is 2.44 bits per heavy atom. The Bertz CT molecular complexity index is 605. The topological polar surface area (TPSA) is 68.0 Å². The van der Waals surface area contributed by atoms with Crippen LogP contribution in [0.3, 0.4) is 0 Å². The van der Waals surface area contributed by atoms with Gasteiger partial charge in [0.15, 0.2) is 5.78 Å². The van der Waals surface area contributed by atoms with E-state index in [-0.39, 0.29) is 11.7 Å². The number of rotatable bonds is 3. The number of hydrogen-bond donors (Lipinski definition) is 1. The molecule has 3 heterocycles. The predicted octanol–water partition coefficient (Wildman–Crippen LogP) is 2.00. The highest BCUT2D eigenvalue weighted by molar-refractivity contribution is 5.98. The number of nitrogens with one attached hydrogen (secondary N) is 1. The number of aromatic nitrogens is 2. The summed E-state index contributed by atoms with van der Waals surface area (Å²) >= 11 is 0. The van der Waals surface area contributed by atoms with Crippen molar-refractivity contribution in [3.8, 4) is 11.3 Å². The van der Waals surface area contributed by atoms with Crippen molar-refractivity contribution < 1.29 is 9.21 Å². The second kappa shape index (κ2) is 4.10. The quantitative estimate of drug-likeness (QED) is 0.832. The van der Waals surface area contributed by atoms with Crippen molar-refractivity contribution in [1.82, 2.24) is 9.97 Å². The Morgan fingerprint density at radius 3 is 3.17 bits per heavy atom. The van der Waals surface area contributed by atoms with Crippen LogP contribution >= 0.6 is 0 Å². The first kappa shape index (κ1) is 10.7. The normalized spacial score (nSPS) is 17.0. The molecule has 3 rings (SSSR count). The fraction of sp³-hybridized carbons (Fsp3) is 0.154. The van der Waals surface area contributed by atoms with Crippen LogP contribution < -0.4 is 5.32 Å². The van der Waals surface area contributed by atoms with Gasteiger partial charge in [0.1, 0.15) is 12.1 Å². The zero-order valence-corrected chi connectivity index (χ0v) is 9.59. The molecule has 1 N–H and O–H groups in total. The number of carbonyl (C=O) groups is 1. The average molecular weight is 241 g/mol. The Balaban J connectivity index is 2.16. The fourth-order valence-electron chi connectivity index (χ4n) is 2.18. The summed E-state index contributed by atoms with van der Waals surface area (Å²) < 4.78 is 5.06. The highest BCUT2D eigenvalue weighted by atomic mass is 16.3. The number of hydrogen-bond acceptors (Lipinski definition) is 5. The van der Waals surface area contributed by atoms with E-state index >= 15 is 0 Å². The fourth-order valence-corrected chi connectivity index (χ4v) is 2.18. The zero-order valence-electron chi connectivity index (χ0n) is 9.59. The minimum atomic E-state index is -0.274. The lowest BCUT2D eigenvalue weighted by atomic mass is 9.94. The van der Waals surface area contributed by atoms with Crippen LogP contribution in [0.1, 0.15) is 11.5 Å². The van der Waals surface area contributed by atoms with Gasteiger partial charge in [0.05, 0.1) is 24.1 Å². The van der Waals surface area contributed by atoms with E-state index < -0.39 is 0 Å². The number of nitrogens with zero attached hydrogens (tertiary/aromatic N) is 2. The monoisotopic (exact) mass is 241 g/mol. The smallest absolute Gasteiger partial charge is 0.164 e. The average Bonchev–Trinajstić information content (AvgIpc) is 3.06. The molecule has 0 fully saturated rings. The molecule has 18 heavy (non-hydrogen) atoms. The summed E-state index contributed by atoms with van der Waals surface area (Å²) in [4.78, 5) is 20.3. The summed E-state index contributed by atoms with van der Waals surface area (Å²) in [7, 11) is 0. The molecule has 90 valence electrons. The number of furan rings is 1. The lowest BCUT2D eigenvalue weighted by Crippen LogP contribution is -2.12. The lowest BCUT2D eigenvalue weighted by molar-refractivity contribution is -0.115. The molecule has 0 spiro atoms. The van der Waals surface area contributed by atoms with Crippen LogP contribution in [0.2, 0.25) is 0 Å². The van der Waals surface area contributed by atoms with Crippen molar-refractivity contribution in [3.05, 3.63) is 43.1 Å². The lowest BCUT2D eigenvalue weighted by Gasteiger charge is -2.09. The van der Waals surface area contributed by atoms with Crippen molar-refractivity contribution in [1.29, 1.82) is 0 Å². The van der Waals surface area contributed by atoms with Crippen LogP contribution in [0.15, 0.2) is 42.0 Å². The van der Waals surface area contributed by atoms with Crippen molar-refractivity contribution in [3.63, 3.8) is 0 Å².